The molecule has 3 heterocycles. The van der Waals surface area contributed by atoms with E-state index in [1.165, 1.54) is 23.4 Å². The highest BCUT2D eigenvalue weighted by Gasteiger charge is 2.24. The van der Waals surface area contributed by atoms with E-state index in [0.717, 1.165) is 36.6 Å². The number of fused-ring (bicyclic) bond motifs is 1. The van der Waals surface area contributed by atoms with Crippen molar-refractivity contribution in [2.24, 2.45) is 0 Å². The Balaban J connectivity index is 1.54. The number of anilines is 1. The number of hydrogen-bond acceptors (Lipinski definition) is 4. The van der Waals surface area contributed by atoms with Gasteiger partial charge in [-0.2, -0.15) is 5.10 Å². The molecule has 122 valence electrons. The molecule has 0 bridgehead atoms. The molecule has 0 fully saturated rings. The zero-order valence-corrected chi connectivity index (χ0v) is 13.5. The molecule has 0 radical (unpaired) electrons. The fourth-order valence-corrected chi connectivity index (χ4v) is 3.02. The third kappa shape index (κ3) is 2.75. The van der Waals surface area contributed by atoms with Crippen molar-refractivity contribution >= 4 is 5.82 Å². The molecule has 0 atom stereocenters. The normalized spacial score (nSPS) is 13.3. The summed E-state index contributed by atoms with van der Waals surface area (Å²) in [4.78, 5) is 10.9. The molecule has 0 saturated heterocycles. The van der Waals surface area contributed by atoms with Crippen molar-refractivity contribution in [3.05, 3.63) is 71.2 Å². The minimum absolute atomic E-state index is 0.217. The second-order valence-electron chi connectivity index (χ2n) is 5.98. The average molecular weight is 323 g/mol. The highest BCUT2D eigenvalue weighted by Crippen LogP contribution is 2.27. The van der Waals surface area contributed by atoms with Gasteiger partial charge >= 0.3 is 0 Å². The highest BCUT2D eigenvalue weighted by molar-refractivity contribution is 5.45. The maximum atomic E-state index is 13.0. The molecule has 0 aliphatic carbocycles. The Morgan fingerprint density at radius 3 is 2.75 bits per heavy atom. The van der Waals surface area contributed by atoms with Crippen LogP contribution in [0.25, 0.3) is 0 Å². The summed E-state index contributed by atoms with van der Waals surface area (Å²) in [5, 5.41) is 4.48. The van der Waals surface area contributed by atoms with Crippen LogP contribution in [0.2, 0.25) is 0 Å². The SMILES string of the molecule is CCc1cc(N2Cc3cnn(Cc4ccc(F)cc4)c3C2)ncn1. The van der Waals surface area contributed by atoms with Crippen molar-refractivity contribution in [1.29, 1.82) is 0 Å². The first-order valence-electron chi connectivity index (χ1n) is 8.07. The molecular formula is C18H18FN5. The van der Waals surface area contributed by atoms with E-state index in [0.29, 0.717) is 6.54 Å². The minimum atomic E-state index is -0.217. The van der Waals surface area contributed by atoms with Crippen LogP contribution >= 0.6 is 0 Å². The summed E-state index contributed by atoms with van der Waals surface area (Å²) >= 11 is 0. The summed E-state index contributed by atoms with van der Waals surface area (Å²) in [6, 6.07) is 8.61. The topological polar surface area (TPSA) is 46.8 Å². The Hall–Kier alpha value is -2.76. The molecule has 0 spiro atoms. The fourth-order valence-electron chi connectivity index (χ4n) is 3.02. The molecule has 3 aromatic rings. The third-order valence-electron chi connectivity index (χ3n) is 4.38. The van der Waals surface area contributed by atoms with Gasteiger partial charge in [0.15, 0.2) is 0 Å². The van der Waals surface area contributed by atoms with Gasteiger partial charge in [-0.15, -0.1) is 0 Å². The van der Waals surface area contributed by atoms with Gasteiger partial charge in [0.05, 0.1) is 25.0 Å². The van der Waals surface area contributed by atoms with Crippen molar-refractivity contribution in [2.75, 3.05) is 4.90 Å². The predicted molar refractivity (Wildman–Crippen MR) is 89.0 cm³/mol. The van der Waals surface area contributed by atoms with E-state index in [-0.39, 0.29) is 5.82 Å². The van der Waals surface area contributed by atoms with Crippen LogP contribution < -0.4 is 4.90 Å². The molecule has 24 heavy (non-hydrogen) atoms. The summed E-state index contributed by atoms with van der Waals surface area (Å²) < 4.78 is 15.0. The van der Waals surface area contributed by atoms with Crippen molar-refractivity contribution < 1.29 is 4.39 Å². The Labute approximate surface area is 139 Å². The smallest absolute Gasteiger partial charge is 0.132 e. The van der Waals surface area contributed by atoms with Gasteiger partial charge in [0.1, 0.15) is 18.0 Å². The lowest BCUT2D eigenvalue weighted by atomic mass is 10.2. The largest absolute Gasteiger partial charge is 0.346 e. The van der Waals surface area contributed by atoms with Gasteiger partial charge in [0, 0.05) is 23.9 Å². The average Bonchev–Trinajstić information content (AvgIpc) is 3.19. The lowest BCUT2D eigenvalue weighted by molar-refractivity contribution is 0.620. The van der Waals surface area contributed by atoms with Crippen LogP contribution in [0.3, 0.4) is 0 Å². The van der Waals surface area contributed by atoms with Crippen LogP contribution in [0.15, 0.2) is 42.9 Å². The second-order valence-corrected chi connectivity index (χ2v) is 5.98. The predicted octanol–water partition coefficient (Wildman–Crippen LogP) is 2.94. The molecule has 0 unspecified atom stereocenters. The number of nitrogens with zero attached hydrogens (tertiary/aromatic N) is 5. The number of benzene rings is 1. The van der Waals surface area contributed by atoms with Gasteiger partial charge in [-0.3, -0.25) is 4.68 Å². The van der Waals surface area contributed by atoms with Crippen LogP contribution in [-0.4, -0.2) is 19.7 Å². The quantitative estimate of drug-likeness (QED) is 0.740. The molecule has 6 heteroatoms. The van der Waals surface area contributed by atoms with Crippen molar-refractivity contribution in [3.8, 4) is 0 Å². The van der Waals surface area contributed by atoms with E-state index >= 15 is 0 Å². The zero-order chi connectivity index (χ0) is 16.5. The van der Waals surface area contributed by atoms with E-state index in [2.05, 4.69) is 26.9 Å². The standard InChI is InChI=1S/C18H18FN5/c1-2-16-7-18(21-12-20-16)23-10-14-8-22-24(17(14)11-23)9-13-3-5-15(19)6-4-13/h3-8,12H,2,9-11H2,1H3. The van der Waals surface area contributed by atoms with E-state index in [1.54, 1.807) is 18.5 Å². The Morgan fingerprint density at radius 1 is 1.12 bits per heavy atom. The molecule has 2 aromatic heterocycles. The van der Waals surface area contributed by atoms with Gasteiger partial charge in [0.2, 0.25) is 0 Å². The molecule has 5 nitrogen and oxygen atoms in total. The first kappa shape index (κ1) is 14.8. The first-order chi connectivity index (χ1) is 11.7. The van der Waals surface area contributed by atoms with Gasteiger partial charge in [-0.25, -0.2) is 14.4 Å². The molecule has 0 amide bonds. The van der Waals surface area contributed by atoms with Gasteiger partial charge in [0.25, 0.3) is 0 Å². The molecule has 4 rings (SSSR count). The number of rotatable bonds is 4. The first-order valence-corrected chi connectivity index (χ1v) is 8.07. The number of halogens is 1. The molecule has 1 aromatic carbocycles. The summed E-state index contributed by atoms with van der Waals surface area (Å²) in [5.74, 6) is 0.734. The third-order valence-corrected chi connectivity index (χ3v) is 4.38. The van der Waals surface area contributed by atoms with Crippen LogP contribution in [0.1, 0.15) is 29.4 Å². The fraction of sp³-hybridized carbons (Fsp3) is 0.278. The lowest BCUT2D eigenvalue weighted by Gasteiger charge is -2.17. The lowest BCUT2D eigenvalue weighted by Crippen LogP contribution is -2.18. The van der Waals surface area contributed by atoms with Crippen molar-refractivity contribution in [2.45, 2.75) is 33.0 Å². The van der Waals surface area contributed by atoms with Gasteiger partial charge in [-0.1, -0.05) is 19.1 Å². The van der Waals surface area contributed by atoms with Crippen LogP contribution in [0, 0.1) is 5.82 Å². The van der Waals surface area contributed by atoms with E-state index < -0.39 is 0 Å². The number of aromatic nitrogens is 4. The van der Waals surface area contributed by atoms with Crippen LogP contribution in [-0.2, 0) is 26.1 Å². The highest BCUT2D eigenvalue weighted by atomic mass is 19.1. The molecule has 0 N–H and O–H groups in total. The maximum absolute atomic E-state index is 13.0. The molecule has 1 aliphatic heterocycles. The Kier molecular flexibility index (Phi) is 3.72. The van der Waals surface area contributed by atoms with Gasteiger partial charge in [-0.05, 0) is 24.1 Å². The summed E-state index contributed by atoms with van der Waals surface area (Å²) in [6.07, 6.45) is 4.44. The zero-order valence-electron chi connectivity index (χ0n) is 13.5. The number of hydrogen-bond donors (Lipinski definition) is 0. The van der Waals surface area contributed by atoms with Crippen molar-refractivity contribution in [3.63, 3.8) is 0 Å². The summed E-state index contributed by atoms with van der Waals surface area (Å²) in [6.45, 7) is 4.31. The maximum Gasteiger partial charge on any atom is 0.132 e. The van der Waals surface area contributed by atoms with Crippen LogP contribution in [0.4, 0.5) is 10.2 Å². The molecular weight excluding hydrogens is 305 g/mol. The van der Waals surface area contributed by atoms with E-state index in [9.17, 15) is 4.39 Å². The number of aryl methyl sites for hydroxylation is 1. The van der Waals surface area contributed by atoms with Crippen molar-refractivity contribution in [1.82, 2.24) is 19.7 Å². The second kappa shape index (κ2) is 6.03. The molecule has 1 aliphatic rings. The van der Waals surface area contributed by atoms with Crippen LogP contribution in [0.5, 0.6) is 0 Å². The van der Waals surface area contributed by atoms with Gasteiger partial charge < -0.3 is 4.90 Å². The van der Waals surface area contributed by atoms with E-state index in [1.807, 2.05) is 16.9 Å². The summed E-state index contributed by atoms with van der Waals surface area (Å²) in [5.41, 5.74) is 4.49. The Bertz CT molecular complexity index is 856. The summed E-state index contributed by atoms with van der Waals surface area (Å²) in [7, 11) is 0. The van der Waals surface area contributed by atoms with E-state index in [4.69, 9.17) is 0 Å². The Morgan fingerprint density at radius 2 is 1.96 bits per heavy atom. The minimum Gasteiger partial charge on any atom is -0.346 e. The monoisotopic (exact) mass is 323 g/mol. The molecule has 0 saturated carbocycles.